The van der Waals surface area contributed by atoms with Gasteiger partial charge in [-0.2, -0.15) is 0 Å². The number of hydrogen-bond acceptors (Lipinski definition) is 3. The van der Waals surface area contributed by atoms with E-state index in [9.17, 15) is 13.2 Å². The van der Waals surface area contributed by atoms with E-state index in [1.165, 1.54) is 0 Å². The lowest BCUT2D eigenvalue weighted by atomic mass is 10.1. The SMILES string of the molecule is C/C(=C\C(=O)NC[C@@H]1CCS(=O)(=O)C1)c1ccccc1. The van der Waals surface area contributed by atoms with E-state index in [0.717, 1.165) is 11.1 Å². The maximum Gasteiger partial charge on any atom is 0.244 e. The molecule has 1 aromatic rings. The van der Waals surface area contributed by atoms with Crippen molar-refractivity contribution in [2.45, 2.75) is 13.3 Å². The van der Waals surface area contributed by atoms with Crippen LogP contribution < -0.4 is 5.32 Å². The quantitative estimate of drug-likeness (QED) is 0.858. The predicted molar refractivity (Wildman–Crippen MR) is 79.9 cm³/mol. The van der Waals surface area contributed by atoms with Gasteiger partial charge >= 0.3 is 0 Å². The van der Waals surface area contributed by atoms with Gasteiger partial charge in [0.05, 0.1) is 11.5 Å². The summed E-state index contributed by atoms with van der Waals surface area (Å²) in [7, 11) is -2.88. The fourth-order valence-electron chi connectivity index (χ4n) is 2.31. The van der Waals surface area contributed by atoms with Gasteiger partial charge in [-0.3, -0.25) is 4.79 Å². The van der Waals surface area contributed by atoms with Crippen molar-refractivity contribution < 1.29 is 13.2 Å². The molecule has 0 aromatic heterocycles. The fourth-order valence-corrected chi connectivity index (χ4v) is 4.17. The Morgan fingerprint density at radius 1 is 1.35 bits per heavy atom. The van der Waals surface area contributed by atoms with Gasteiger partial charge in [0.25, 0.3) is 0 Å². The van der Waals surface area contributed by atoms with Gasteiger partial charge < -0.3 is 5.32 Å². The summed E-state index contributed by atoms with van der Waals surface area (Å²) in [5.74, 6) is 0.311. The molecule has 20 heavy (non-hydrogen) atoms. The van der Waals surface area contributed by atoms with Gasteiger partial charge in [-0.05, 0) is 30.4 Å². The van der Waals surface area contributed by atoms with Crippen molar-refractivity contribution in [1.82, 2.24) is 5.32 Å². The Morgan fingerprint density at radius 3 is 2.65 bits per heavy atom. The second kappa shape index (κ2) is 6.22. The van der Waals surface area contributed by atoms with E-state index < -0.39 is 9.84 Å². The first kappa shape index (κ1) is 14.8. The fraction of sp³-hybridized carbons (Fsp3) is 0.400. The number of amides is 1. The minimum Gasteiger partial charge on any atom is -0.352 e. The van der Waals surface area contributed by atoms with Crippen LogP contribution in [0.1, 0.15) is 18.9 Å². The molecule has 1 saturated heterocycles. The van der Waals surface area contributed by atoms with Crippen molar-refractivity contribution >= 4 is 21.3 Å². The van der Waals surface area contributed by atoms with E-state index in [4.69, 9.17) is 0 Å². The Balaban J connectivity index is 1.87. The van der Waals surface area contributed by atoms with Gasteiger partial charge in [-0.15, -0.1) is 0 Å². The molecular weight excluding hydrogens is 274 g/mol. The molecule has 1 heterocycles. The standard InChI is InChI=1S/C15H19NO3S/c1-12(14-5-3-2-4-6-14)9-15(17)16-10-13-7-8-20(18,19)11-13/h2-6,9,13H,7-8,10-11H2,1H3,(H,16,17)/b12-9+/t13-/m0/s1. The summed E-state index contributed by atoms with van der Waals surface area (Å²) >= 11 is 0. The number of carbonyl (C=O) groups is 1. The maximum atomic E-state index is 11.8. The molecular formula is C15H19NO3S. The third kappa shape index (κ3) is 4.20. The van der Waals surface area contributed by atoms with Crippen LogP contribution in [0.4, 0.5) is 0 Å². The van der Waals surface area contributed by atoms with Crippen LogP contribution in [0.25, 0.3) is 5.57 Å². The van der Waals surface area contributed by atoms with Crippen LogP contribution in [-0.2, 0) is 14.6 Å². The van der Waals surface area contributed by atoms with Gasteiger partial charge in [0.15, 0.2) is 9.84 Å². The number of carbonyl (C=O) groups excluding carboxylic acids is 1. The van der Waals surface area contributed by atoms with Crippen LogP contribution in [0.5, 0.6) is 0 Å². The van der Waals surface area contributed by atoms with Gasteiger partial charge in [-0.25, -0.2) is 8.42 Å². The lowest BCUT2D eigenvalue weighted by Gasteiger charge is -2.08. The molecule has 5 heteroatoms. The predicted octanol–water partition coefficient (Wildman–Crippen LogP) is 1.64. The molecule has 1 aliphatic heterocycles. The lowest BCUT2D eigenvalue weighted by molar-refractivity contribution is -0.116. The van der Waals surface area contributed by atoms with Crippen LogP contribution in [0.15, 0.2) is 36.4 Å². The summed E-state index contributed by atoms with van der Waals surface area (Å²) in [6.07, 6.45) is 2.20. The van der Waals surface area contributed by atoms with Crippen LogP contribution in [0.2, 0.25) is 0 Å². The van der Waals surface area contributed by atoms with Crippen LogP contribution in [0.3, 0.4) is 0 Å². The van der Waals surface area contributed by atoms with Crippen molar-refractivity contribution in [2.75, 3.05) is 18.1 Å². The normalized spacial score (nSPS) is 21.6. The molecule has 1 aliphatic rings. The monoisotopic (exact) mass is 293 g/mol. The maximum absolute atomic E-state index is 11.8. The first-order valence-electron chi connectivity index (χ1n) is 6.68. The molecule has 0 bridgehead atoms. The number of rotatable bonds is 4. The van der Waals surface area contributed by atoms with Crippen molar-refractivity contribution in [3.8, 4) is 0 Å². The van der Waals surface area contributed by atoms with E-state index in [1.807, 2.05) is 37.3 Å². The van der Waals surface area contributed by atoms with Crippen molar-refractivity contribution in [3.63, 3.8) is 0 Å². The molecule has 4 nitrogen and oxygen atoms in total. The van der Waals surface area contributed by atoms with Gasteiger partial charge in [-0.1, -0.05) is 30.3 Å². The lowest BCUT2D eigenvalue weighted by Crippen LogP contribution is -2.28. The molecule has 1 aromatic carbocycles. The van der Waals surface area contributed by atoms with Gasteiger partial charge in [0.1, 0.15) is 0 Å². The first-order valence-corrected chi connectivity index (χ1v) is 8.50. The van der Waals surface area contributed by atoms with Crippen molar-refractivity contribution in [2.24, 2.45) is 5.92 Å². The molecule has 0 unspecified atom stereocenters. The van der Waals surface area contributed by atoms with E-state index in [1.54, 1.807) is 6.08 Å². The molecule has 1 amide bonds. The zero-order valence-electron chi connectivity index (χ0n) is 11.5. The zero-order valence-corrected chi connectivity index (χ0v) is 12.3. The number of hydrogen-bond donors (Lipinski definition) is 1. The molecule has 0 spiro atoms. The smallest absolute Gasteiger partial charge is 0.244 e. The highest BCUT2D eigenvalue weighted by Crippen LogP contribution is 2.17. The summed E-state index contributed by atoms with van der Waals surface area (Å²) in [5.41, 5.74) is 1.90. The molecule has 108 valence electrons. The van der Waals surface area contributed by atoms with Crippen molar-refractivity contribution in [3.05, 3.63) is 42.0 Å². The van der Waals surface area contributed by atoms with E-state index in [-0.39, 0.29) is 23.3 Å². The van der Waals surface area contributed by atoms with E-state index in [0.29, 0.717) is 13.0 Å². The summed E-state index contributed by atoms with van der Waals surface area (Å²) in [6.45, 7) is 2.31. The molecule has 2 rings (SSSR count). The average molecular weight is 293 g/mol. The summed E-state index contributed by atoms with van der Waals surface area (Å²) in [6, 6.07) is 9.67. The summed E-state index contributed by atoms with van der Waals surface area (Å²) in [5, 5.41) is 2.78. The summed E-state index contributed by atoms with van der Waals surface area (Å²) in [4.78, 5) is 11.8. The Hall–Kier alpha value is -1.62. The Bertz CT molecular complexity index is 605. The molecule has 1 fully saturated rings. The van der Waals surface area contributed by atoms with Crippen LogP contribution >= 0.6 is 0 Å². The molecule has 1 atom stereocenters. The molecule has 0 saturated carbocycles. The van der Waals surface area contributed by atoms with E-state index in [2.05, 4.69) is 5.32 Å². The zero-order chi connectivity index (χ0) is 14.6. The summed E-state index contributed by atoms with van der Waals surface area (Å²) < 4.78 is 22.6. The minimum atomic E-state index is -2.88. The second-order valence-electron chi connectivity index (χ2n) is 5.21. The molecule has 0 aliphatic carbocycles. The third-order valence-corrected chi connectivity index (χ3v) is 5.31. The largest absolute Gasteiger partial charge is 0.352 e. The number of allylic oxidation sites excluding steroid dienone is 1. The molecule has 0 radical (unpaired) electrons. The minimum absolute atomic E-state index is 0.0504. The van der Waals surface area contributed by atoms with E-state index >= 15 is 0 Å². The van der Waals surface area contributed by atoms with Crippen LogP contribution in [0, 0.1) is 5.92 Å². The Labute approximate surface area is 119 Å². The average Bonchev–Trinajstić information content (AvgIpc) is 2.77. The second-order valence-corrected chi connectivity index (χ2v) is 7.44. The molecule has 1 N–H and O–H groups in total. The highest BCUT2D eigenvalue weighted by atomic mass is 32.2. The van der Waals surface area contributed by atoms with Crippen LogP contribution in [-0.4, -0.2) is 32.4 Å². The first-order chi connectivity index (χ1) is 9.46. The van der Waals surface area contributed by atoms with Crippen molar-refractivity contribution in [1.29, 1.82) is 0 Å². The topological polar surface area (TPSA) is 63.2 Å². The highest BCUT2D eigenvalue weighted by Gasteiger charge is 2.27. The number of benzene rings is 1. The highest BCUT2D eigenvalue weighted by molar-refractivity contribution is 7.91. The number of nitrogens with one attached hydrogen (secondary N) is 1. The number of sulfone groups is 1. The Kier molecular flexibility index (Phi) is 4.60. The Morgan fingerprint density at radius 2 is 2.05 bits per heavy atom. The van der Waals surface area contributed by atoms with Gasteiger partial charge in [0.2, 0.25) is 5.91 Å². The third-order valence-electron chi connectivity index (χ3n) is 3.47. The van der Waals surface area contributed by atoms with Gasteiger partial charge in [0, 0.05) is 12.6 Å².